The van der Waals surface area contributed by atoms with Gasteiger partial charge in [-0.2, -0.15) is 15.6 Å². The molecule has 1 N–H and O–H groups in total. The molecule has 0 spiro atoms. The summed E-state index contributed by atoms with van der Waals surface area (Å²) in [5.41, 5.74) is 2.36. The SMILES string of the molecule is N#CC(C#N)=NNc1cccc(F)c1OCC1CCCO1. The minimum Gasteiger partial charge on any atom is -0.486 e. The molecular formula is C14H13FN4O2. The lowest BCUT2D eigenvalue weighted by atomic mass is 10.2. The quantitative estimate of drug-likeness (QED) is 0.662. The predicted octanol–water partition coefficient (Wildman–Crippen LogP) is 2.20. The van der Waals surface area contributed by atoms with Crippen molar-refractivity contribution in [1.29, 1.82) is 10.5 Å². The lowest BCUT2D eigenvalue weighted by molar-refractivity contribution is 0.0668. The maximum absolute atomic E-state index is 13.8. The van der Waals surface area contributed by atoms with Gasteiger partial charge in [0.15, 0.2) is 11.6 Å². The minimum atomic E-state index is -0.552. The normalized spacial score (nSPS) is 16.6. The van der Waals surface area contributed by atoms with Crippen molar-refractivity contribution in [2.75, 3.05) is 18.6 Å². The summed E-state index contributed by atoms with van der Waals surface area (Å²) < 4.78 is 24.7. The summed E-state index contributed by atoms with van der Waals surface area (Å²) in [6.45, 7) is 0.928. The van der Waals surface area contributed by atoms with E-state index in [1.54, 1.807) is 18.2 Å². The number of hydrogen-bond donors (Lipinski definition) is 1. The van der Waals surface area contributed by atoms with Crippen LogP contribution in [0.15, 0.2) is 23.3 Å². The number of nitrogens with one attached hydrogen (secondary N) is 1. The molecule has 0 saturated carbocycles. The van der Waals surface area contributed by atoms with Gasteiger partial charge in [0, 0.05) is 6.61 Å². The van der Waals surface area contributed by atoms with Crippen molar-refractivity contribution in [2.24, 2.45) is 5.10 Å². The standard InChI is InChI=1S/C14H13FN4O2/c15-12-4-1-5-13(19-18-10(7-16)8-17)14(12)21-9-11-3-2-6-20-11/h1,4-5,11,19H,2-3,6,9H2. The number of nitriles is 2. The fourth-order valence-corrected chi connectivity index (χ4v) is 1.89. The van der Waals surface area contributed by atoms with Crippen LogP contribution in [0.1, 0.15) is 12.8 Å². The predicted molar refractivity (Wildman–Crippen MR) is 73.2 cm³/mol. The zero-order valence-electron chi connectivity index (χ0n) is 11.2. The van der Waals surface area contributed by atoms with Crippen LogP contribution >= 0.6 is 0 Å². The molecule has 1 fully saturated rings. The number of hydrazone groups is 1. The van der Waals surface area contributed by atoms with Crippen LogP contribution in [0.25, 0.3) is 0 Å². The minimum absolute atomic E-state index is 0.00743. The number of halogens is 1. The highest BCUT2D eigenvalue weighted by atomic mass is 19.1. The van der Waals surface area contributed by atoms with Crippen LogP contribution in [0.5, 0.6) is 5.75 Å². The van der Waals surface area contributed by atoms with E-state index >= 15 is 0 Å². The van der Waals surface area contributed by atoms with E-state index in [9.17, 15) is 4.39 Å². The van der Waals surface area contributed by atoms with Crippen LogP contribution in [-0.2, 0) is 4.74 Å². The van der Waals surface area contributed by atoms with Crippen molar-refractivity contribution >= 4 is 11.4 Å². The van der Waals surface area contributed by atoms with Gasteiger partial charge in [-0.25, -0.2) is 4.39 Å². The van der Waals surface area contributed by atoms with Gasteiger partial charge >= 0.3 is 0 Å². The summed E-state index contributed by atoms with van der Waals surface area (Å²) >= 11 is 0. The van der Waals surface area contributed by atoms with Crippen molar-refractivity contribution in [1.82, 2.24) is 0 Å². The molecular weight excluding hydrogens is 275 g/mol. The molecule has 1 aromatic rings. The highest BCUT2D eigenvalue weighted by Gasteiger charge is 2.18. The first-order valence-electron chi connectivity index (χ1n) is 6.41. The molecule has 7 heteroatoms. The fourth-order valence-electron chi connectivity index (χ4n) is 1.89. The molecule has 1 heterocycles. The molecule has 0 radical (unpaired) electrons. The number of ether oxygens (including phenoxy) is 2. The molecule has 1 unspecified atom stereocenters. The van der Waals surface area contributed by atoms with Crippen molar-refractivity contribution in [2.45, 2.75) is 18.9 Å². The number of para-hydroxylation sites is 1. The number of nitrogens with zero attached hydrogens (tertiary/aromatic N) is 3. The van der Waals surface area contributed by atoms with Crippen LogP contribution in [0.3, 0.4) is 0 Å². The number of rotatable bonds is 5. The van der Waals surface area contributed by atoms with E-state index in [0.29, 0.717) is 6.61 Å². The Hall–Kier alpha value is -2.64. The van der Waals surface area contributed by atoms with E-state index in [1.807, 2.05) is 0 Å². The van der Waals surface area contributed by atoms with Crippen LogP contribution in [0.4, 0.5) is 10.1 Å². The average molecular weight is 288 g/mol. The Morgan fingerprint density at radius 3 is 2.95 bits per heavy atom. The van der Waals surface area contributed by atoms with Crippen molar-refractivity contribution in [3.05, 3.63) is 24.0 Å². The fraction of sp³-hybridized carbons (Fsp3) is 0.357. The molecule has 0 bridgehead atoms. The molecule has 21 heavy (non-hydrogen) atoms. The Morgan fingerprint density at radius 1 is 1.48 bits per heavy atom. The first-order chi connectivity index (χ1) is 10.2. The Kier molecular flexibility index (Phi) is 5.08. The summed E-state index contributed by atoms with van der Waals surface area (Å²) in [7, 11) is 0. The molecule has 1 aromatic carbocycles. The first kappa shape index (κ1) is 14.8. The molecule has 1 atom stereocenters. The summed E-state index contributed by atoms with van der Waals surface area (Å²) in [6, 6.07) is 7.49. The van der Waals surface area contributed by atoms with Crippen LogP contribution in [-0.4, -0.2) is 25.0 Å². The highest BCUT2D eigenvalue weighted by Crippen LogP contribution is 2.28. The maximum atomic E-state index is 13.8. The van der Waals surface area contributed by atoms with Crippen LogP contribution in [0.2, 0.25) is 0 Å². The second-order valence-electron chi connectivity index (χ2n) is 4.36. The summed E-state index contributed by atoms with van der Waals surface area (Å²) in [5, 5.41) is 20.8. The molecule has 1 aliphatic rings. The third-order valence-corrected chi connectivity index (χ3v) is 2.90. The third kappa shape index (κ3) is 3.91. The van der Waals surface area contributed by atoms with Gasteiger partial charge in [-0.1, -0.05) is 6.07 Å². The van der Waals surface area contributed by atoms with Gasteiger partial charge in [0.1, 0.15) is 24.4 Å². The second-order valence-corrected chi connectivity index (χ2v) is 4.36. The lowest BCUT2D eigenvalue weighted by Gasteiger charge is -2.14. The largest absolute Gasteiger partial charge is 0.486 e. The van der Waals surface area contributed by atoms with E-state index in [1.165, 1.54) is 12.1 Å². The number of benzene rings is 1. The van der Waals surface area contributed by atoms with Crippen molar-refractivity contribution < 1.29 is 13.9 Å². The molecule has 2 rings (SSSR count). The zero-order valence-corrected chi connectivity index (χ0v) is 11.2. The Balaban J connectivity index is 2.10. The number of hydrogen-bond acceptors (Lipinski definition) is 6. The second kappa shape index (κ2) is 7.22. The van der Waals surface area contributed by atoms with Crippen molar-refractivity contribution in [3.63, 3.8) is 0 Å². The van der Waals surface area contributed by atoms with Crippen molar-refractivity contribution in [3.8, 4) is 17.9 Å². The van der Waals surface area contributed by atoms with E-state index in [4.69, 9.17) is 20.0 Å². The molecule has 0 aromatic heterocycles. The van der Waals surface area contributed by atoms with Gasteiger partial charge in [0.05, 0.1) is 6.10 Å². The Labute approximate surface area is 121 Å². The monoisotopic (exact) mass is 288 g/mol. The topological polar surface area (TPSA) is 90.4 Å². The van der Waals surface area contributed by atoms with E-state index in [0.717, 1.165) is 12.8 Å². The van der Waals surface area contributed by atoms with Gasteiger partial charge < -0.3 is 9.47 Å². The maximum Gasteiger partial charge on any atom is 0.237 e. The van der Waals surface area contributed by atoms with E-state index in [2.05, 4.69) is 10.5 Å². The van der Waals surface area contributed by atoms with Crippen LogP contribution < -0.4 is 10.2 Å². The molecule has 108 valence electrons. The zero-order chi connectivity index (χ0) is 15.1. The molecule has 6 nitrogen and oxygen atoms in total. The van der Waals surface area contributed by atoms with E-state index < -0.39 is 5.82 Å². The summed E-state index contributed by atoms with van der Waals surface area (Å²) in [5.74, 6) is -0.560. The smallest absolute Gasteiger partial charge is 0.237 e. The van der Waals surface area contributed by atoms with Crippen LogP contribution in [0, 0.1) is 28.5 Å². The molecule has 1 aliphatic heterocycles. The van der Waals surface area contributed by atoms with Gasteiger partial charge in [-0.15, -0.1) is 0 Å². The molecule has 0 amide bonds. The molecule has 1 saturated heterocycles. The summed E-state index contributed by atoms with van der Waals surface area (Å²) in [6.07, 6.45) is 1.80. The Morgan fingerprint density at radius 2 is 2.29 bits per heavy atom. The lowest BCUT2D eigenvalue weighted by Crippen LogP contribution is -2.17. The highest BCUT2D eigenvalue weighted by molar-refractivity contribution is 6.10. The first-order valence-corrected chi connectivity index (χ1v) is 6.41. The van der Waals surface area contributed by atoms with E-state index in [-0.39, 0.29) is 29.9 Å². The average Bonchev–Trinajstić information content (AvgIpc) is 3.01. The Bertz CT molecular complexity index is 596. The van der Waals surface area contributed by atoms with Gasteiger partial charge in [0.2, 0.25) is 5.71 Å². The van der Waals surface area contributed by atoms with Gasteiger partial charge in [-0.05, 0) is 25.0 Å². The number of anilines is 1. The molecule has 0 aliphatic carbocycles. The van der Waals surface area contributed by atoms with Gasteiger partial charge in [-0.3, -0.25) is 5.43 Å². The summed E-state index contributed by atoms with van der Waals surface area (Å²) in [4.78, 5) is 0. The third-order valence-electron chi connectivity index (χ3n) is 2.90. The van der Waals surface area contributed by atoms with Gasteiger partial charge in [0.25, 0.3) is 0 Å².